The van der Waals surface area contributed by atoms with Gasteiger partial charge in [-0.05, 0) is 31.9 Å². The van der Waals surface area contributed by atoms with Gasteiger partial charge in [-0.15, -0.1) is 0 Å². The van der Waals surface area contributed by atoms with Gasteiger partial charge in [0, 0.05) is 31.2 Å². The molecule has 0 saturated heterocycles. The predicted molar refractivity (Wildman–Crippen MR) is 65.3 cm³/mol. The van der Waals surface area contributed by atoms with Crippen molar-refractivity contribution < 1.29 is 4.42 Å². The van der Waals surface area contributed by atoms with E-state index in [2.05, 4.69) is 17.1 Å². The summed E-state index contributed by atoms with van der Waals surface area (Å²) in [7, 11) is 0. The number of nitrogens with one attached hydrogen (secondary N) is 1. The lowest BCUT2D eigenvalue weighted by molar-refractivity contribution is 0.263. The molecule has 0 aromatic carbocycles. The van der Waals surface area contributed by atoms with Crippen molar-refractivity contribution in [2.75, 3.05) is 19.6 Å². The molecule has 1 saturated carbocycles. The SMILES string of the molecule is CCCN(CCNCc1ccoc1)C1CC1. The Kier molecular flexibility index (Phi) is 4.43. The maximum Gasteiger partial charge on any atom is 0.0947 e. The highest BCUT2D eigenvalue weighted by Crippen LogP contribution is 2.26. The van der Waals surface area contributed by atoms with E-state index in [4.69, 9.17) is 4.42 Å². The quantitative estimate of drug-likeness (QED) is 0.684. The van der Waals surface area contributed by atoms with Crippen LogP contribution in [0.4, 0.5) is 0 Å². The molecule has 3 nitrogen and oxygen atoms in total. The summed E-state index contributed by atoms with van der Waals surface area (Å²) in [5.74, 6) is 0. The molecule has 1 aromatic rings. The summed E-state index contributed by atoms with van der Waals surface area (Å²) in [6.07, 6.45) is 7.60. The molecule has 1 aliphatic rings. The Bertz CT molecular complexity index is 280. The second kappa shape index (κ2) is 6.06. The molecule has 3 heteroatoms. The van der Waals surface area contributed by atoms with Crippen LogP contribution in [0.15, 0.2) is 23.0 Å². The van der Waals surface area contributed by atoms with Crippen LogP contribution in [0.5, 0.6) is 0 Å². The van der Waals surface area contributed by atoms with Gasteiger partial charge in [0.05, 0.1) is 12.5 Å². The summed E-state index contributed by atoms with van der Waals surface area (Å²) >= 11 is 0. The second-order valence-electron chi connectivity index (χ2n) is 4.58. The Balaban J connectivity index is 1.59. The third kappa shape index (κ3) is 3.65. The first-order valence-electron chi connectivity index (χ1n) is 6.36. The minimum Gasteiger partial charge on any atom is -0.472 e. The molecule has 0 aliphatic heterocycles. The van der Waals surface area contributed by atoms with E-state index in [0.717, 1.165) is 19.1 Å². The van der Waals surface area contributed by atoms with Crippen LogP contribution in [0.2, 0.25) is 0 Å². The molecule has 0 atom stereocenters. The maximum absolute atomic E-state index is 5.03. The highest BCUT2D eigenvalue weighted by Gasteiger charge is 2.27. The van der Waals surface area contributed by atoms with Gasteiger partial charge >= 0.3 is 0 Å². The molecule has 1 aliphatic carbocycles. The molecule has 1 aromatic heterocycles. The summed E-state index contributed by atoms with van der Waals surface area (Å²) in [5.41, 5.74) is 1.23. The first-order chi connectivity index (χ1) is 7.90. The lowest BCUT2D eigenvalue weighted by Crippen LogP contribution is -2.34. The van der Waals surface area contributed by atoms with E-state index in [-0.39, 0.29) is 0 Å². The molecule has 0 bridgehead atoms. The highest BCUT2D eigenvalue weighted by atomic mass is 16.3. The van der Waals surface area contributed by atoms with E-state index in [0.29, 0.717) is 0 Å². The van der Waals surface area contributed by atoms with E-state index in [1.165, 1.54) is 37.9 Å². The van der Waals surface area contributed by atoms with Gasteiger partial charge in [0.1, 0.15) is 0 Å². The van der Waals surface area contributed by atoms with Crippen molar-refractivity contribution in [3.05, 3.63) is 24.2 Å². The lowest BCUT2D eigenvalue weighted by atomic mass is 10.3. The van der Waals surface area contributed by atoms with Gasteiger partial charge in [0.2, 0.25) is 0 Å². The van der Waals surface area contributed by atoms with Crippen molar-refractivity contribution in [2.45, 2.75) is 38.8 Å². The Morgan fingerprint density at radius 2 is 2.31 bits per heavy atom. The molecule has 0 amide bonds. The zero-order valence-electron chi connectivity index (χ0n) is 10.1. The molecule has 16 heavy (non-hydrogen) atoms. The fourth-order valence-corrected chi connectivity index (χ4v) is 2.05. The van der Waals surface area contributed by atoms with E-state index in [9.17, 15) is 0 Å². The molecular weight excluding hydrogens is 200 g/mol. The summed E-state index contributed by atoms with van der Waals surface area (Å²) in [6.45, 7) is 6.67. The second-order valence-corrected chi connectivity index (χ2v) is 4.58. The number of hydrogen-bond acceptors (Lipinski definition) is 3. The van der Waals surface area contributed by atoms with Crippen LogP contribution in [0.1, 0.15) is 31.7 Å². The van der Waals surface area contributed by atoms with E-state index >= 15 is 0 Å². The fraction of sp³-hybridized carbons (Fsp3) is 0.692. The topological polar surface area (TPSA) is 28.4 Å². The lowest BCUT2D eigenvalue weighted by Gasteiger charge is -2.21. The van der Waals surface area contributed by atoms with Crippen LogP contribution in [0, 0.1) is 0 Å². The third-order valence-electron chi connectivity index (χ3n) is 3.06. The van der Waals surface area contributed by atoms with Crippen LogP contribution in [-0.4, -0.2) is 30.6 Å². The number of hydrogen-bond donors (Lipinski definition) is 1. The molecule has 1 heterocycles. The molecule has 1 N–H and O–H groups in total. The van der Waals surface area contributed by atoms with Gasteiger partial charge < -0.3 is 9.73 Å². The number of nitrogens with zero attached hydrogens (tertiary/aromatic N) is 1. The number of rotatable bonds is 8. The average molecular weight is 222 g/mol. The predicted octanol–water partition coefficient (Wildman–Crippen LogP) is 2.24. The first-order valence-corrected chi connectivity index (χ1v) is 6.36. The van der Waals surface area contributed by atoms with E-state index in [1.807, 2.05) is 6.07 Å². The standard InChI is InChI=1S/C13H22N2O/c1-2-7-15(13-3-4-13)8-6-14-10-12-5-9-16-11-12/h5,9,11,13-14H,2-4,6-8,10H2,1H3. The van der Waals surface area contributed by atoms with Crippen molar-refractivity contribution in [3.63, 3.8) is 0 Å². The maximum atomic E-state index is 5.03. The Morgan fingerprint density at radius 1 is 1.44 bits per heavy atom. The van der Waals surface area contributed by atoms with E-state index in [1.54, 1.807) is 12.5 Å². The molecule has 0 unspecified atom stereocenters. The minimum absolute atomic E-state index is 0.885. The van der Waals surface area contributed by atoms with Gasteiger partial charge in [-0.1, -0.05) is 6.92 Å². The Morgan fingerprint density at radius 3 is 2.94 bits per heavy atom. The molecule has 1 fully saturated rings. The van der Waals surface area contributed by atoms with Gasteiger partial charge in [-0.25, -0.2) is 0 Å². The van der Waals surface area contributed by atoms with Crippen molar-refractivity contribution in [1.29, 1.82) is 0 Å². The van der Waals surface area contributed by atoms with Crippen LogP contribution < -0.4 is 5.32 Å². The first kappa shape index (κ1) is 11.7. The molecular formula is C13H22N2O. The van der Waals surface area contributed by atoms with Crippen molar-refractivity contribution >= 4 is 0 Å². The molecule has 0 radical (unpaired) electrons. The van der Waals surface area contributed by atoms with Crippen LogP contribution >= 0.6 is 0 Å². The third-order valence-corrected chi connectivity index (χ3v) is 3.06. The summed E-state index contributed by atoms with van der Waals surface area (Å²) < 4.78 is 5.03. The normalized spacial score (nSPS) is 15.9. The monoisotopic (exact) mass is 222 g/mol. The molecule has 0 spiro atoms. The minimum atomic E-state index is 0.885. The average Bonchev–Trinajstić information content (AvgIpc) is 3.01. The summed E-state index contributed by atoms with van der Waals surface area (Å²) in [4.78, 5) is 2.61. The summed E-state index contributed by atoms with van der Waals surface area (Å²) in [6, 6.07) is 2.90. The molecule has 2 rings (SSSR count). The van der Waals surface area contributed by atoms with Crippen LogP contribution in [0.3, 0.4) is 0 Å². The van der Waals surface area contributed by atoms with Crippen LogP contribution in [-0.2, 0) is 6.54 Å². The van der Waals surface area contributed by atoms with Crippen molar-refractivity contribution in [1.82, 2.24) is 10.2 Å². The smallest absolute Gasteiger partial charge is 0.0947 e. The fourth-order valence-electron chi connectivity index (χ4n) is 2.05. The van der Waals surface area contributed by atoms with E-state index < -0.39 is 0 Å². The summed E-state index contributed by atoms with van der Waals surface area (Å²) in [5, 5.41) is 3.46. The number of furan rings is 1. The van der Waals surface area contributed by atoms with Crippen molar-refractivity contribution in [3.8, 4) is 0 Å². The zero-order chi connectivity index (χ0) is 11.2. The van der Waals surface area contributed by atoms with Gasteiger partial charge in [-0.3, -0.25) is 4.90 Å². The Hall–Kier alpha value is -0.800. The highest BCUT2D eigenvalue weighted by molar-refractivity contribution is 5.04. The largest absolute Gasteiger partial charge is 0.472 e. The van der Waals surface area contributed by atoms with Crippen molar-refractivity contribution in [2.24, 2.45) is 0 Å². The Labute approximate surface area is 97.8 Å². The van der Waals surface area contributed by atoms with Gasteiger partial charge in [-0.2, -0.15) is 0 Å². The van der Waals surface area contributed by atoms with Gasteiger partial charge in [0.25, 0.3) is 0 Å². The zero-order valence-corrected chi connectivity index (χ0v) is 10.1. The van der Waals surface area contributed by atoms with Crippen LogP contribution in [0.25, 0.3) is 0 Å². The van der Waals surface area contributed by atoms with Gasteiger partial charge in [0.15, 0.2) is 0 Å². The molecule has 90 valence electrons.